The lowest BCUT2D eigenvalue weighted by atomic mass is 9.84. The first kappa shape index (κ1) is 12.9. The van der Waals surface area contributed by atoms with Crippen molar-refractivity contribution in [3.05, 3.63) is 36.0 Å². The number of nitrogens with one attached hydrogen (secondary N) is 2. The SMILES string of the molecule is CC(NC(=O)c1cccc2[nH]ccc12)C1CC2CCC1C2. The van der Waals surface area contributed by atoms with Crippen LogP contribution >= 0.6 is 0 Å². The fraction of sp³-hybridized carbons (Fsp3) is 0.500. The van der Waals surface area contributed by atoms with E-state index in [0.29, 0.717) is 5.92 Å². The van der Waals surface area contributed by atoms with Gasteiger partial charge in [0.15, 0.2) is 0 Å². The van der Waals surface area contributed by atoms with Gasteiger partial charge in [0.2, 0.25) is 0 Å². The highest BCUT2D eigenvalue weighted by Gasteiger charge is 2.42. The van der Waals surface area contributed by atoms with E-state index in [1.54, 1.807) is 0 Å². The molecule has 2 N–H and O–H groups in total. The summed E-state index contributed by atoms with van der Waals surface area (Å²) < 4.78 is 0. The van der Waals surface area contributed by atoms with Crippen molar-refractivity contribution in [1.82, 2.24) is 10.3 Å². The fourth-order valence-electron chi connectivity index (χ4n) is 4.58. The standard InChI is InChI=1S/C18H22N2O/c1-11(16-10-12-5-6-13(16)9-12)20-18(21)15-3-2-4-17-14(15)7-8-19-17/h2-4,7-8,11-13,16,19H,5-6,9-10H2,1H3,(H,20,21). The highest BCUT2D eigenvalue weighted by atomic mass is 16.1. The Hall–Kier alpha value is -1.77. The van der Waals surface area contributed by atoms with Gasteiger partial charge in [0, 0.05) is 28.7 Å². The van der Waals surface area contributed by atoms with Gasteiger partial charge in [-0.2, -0.15) is 0 Å². The minimum Gasteiger partial charge on any atom is -0.361 e. The van der Waals surface area contributed by atoms with E-state index in [1.807, 2.05) is 30.5 Å². The molecule has 2 saturated carbocycles. The molecule has 2 aliphatic carbocycles. The topological polar surface area (TPSA) is 44.9 Å². The second-order valence-electron chi connectivity index (χ2n) is 6.85. The number of benzene rings is 1. The van der Waals surface area contributed by atoms with E-state index in [0.717, 1.165) is 28.3 Å². The van der Waals surface area contributed by atoms with Gasteiger partial charge in [-0.25, -0.2) is 0 Å². The van der Waals surface area contributed by atoms with Gasteiger partial charge < -0.3 is 10.3 Å². The Bertz CT molecular complexity index is 675. The molecule has 0 aliphatic heterocycles. The molecule has 1 heterocycles. The van der Waals surface area contributed by atoms with Gasteiger partial charge in [0.1, 0.15) is 0 Å². The molecule has 1 aromatic heterocycles. The highest BCUT2D eigenvalue weighted by Crippen LogP contribution is 2.49. The van der Waals surface area contributed by atoms with Crippen LogP contribution in [0.15, 0.2) is 30.5 Å². The maximum Gasteiger partial charge on any atom is 0.252 e. The summed E-state index contributed by atoms with van der Waals surface area (Å²) in [5.74, 6) is 2.51. The fourth-order valence-corrected chi connectivity index (χ4v) is 4.58. The summed E-state index contributed by atoms with van der Waals surface area (Å²) in [5.41, 5.74) is 1.80. The van der Waals surface area contributed by atoms with E-state index in [9.17, 15) is 4.79 Å². The number of hydrogen-bond donors (Lipinski definition) is 2. The van der Waals surface area contributed by atoms with Crippen LogP contribution in [0.2, 0.25) is 0 Å². The Kier molecular flexibility index (Phi) is 3.02. The third-order valence-corrected chi connectivity index (χ3v) is 5.63. The number of carbonyl (C=O) groups excluding carboxylic acids is 1. The monoisotopic (exact) mass is 282 g/mol. The molecule has 4 atom stereocenters. The minimum atomic E-state index is 0.0653. The Labute approximate surface area is 125 Å². The van der Waals surface area contributed by atoms with E-state index in [-0.39, 0.29) is 11.9 Å². The second kappa shape index (κ2) is 4.90. The third-order valence-electron chi connectivity index (χ3n) is 5.63. The maximum absolute atomic E-state index is 12.6. The van der Waals surface area contributed by atoms with Crippen LogP contribution in [0.5, 0.6) is 0 Å². The number of hydrogen-bond acceptors (Lipinski definition) is 1. The Balaban J connectivity index is 1.52. The summed E-state index contributed by atoms with van der Waals surface area (Å²) >= 11 is 0. The zero-order valence-corrected chi connectivity index (χ0v) is 12.4. The van der Waals surface area contributed by atoms with Crippen LogP contribution in [-0.4, -0.2) is 16.9 Å². The van der Waals surface area contributed by atoms with E-state index in [1.165, 1.54) is 25.7 Å². The molecule has 1 amide bonds. The van der Waals surface area contributed by atoms with Crippen molar-refractivity contribution in [1.29, 1.82) is 0 Å². The van der Waals surface area contributed by atoms with Crippen LogP contribution in [0.3, 0.4) is 0 Å². The summed E-state index contributed by atoms with van der Waals surface area (Å²) in [6.07, 6.45) is 7.35. The zero-order valence-electron chi connectivity index (χ0n) is 12.4. The molecule has 0 spiro atoms. The molecule has 0 radical (unpaired) electrons. The average molecular weight is 282 g/mol. The first-order chi connectivity index (χ1) is 10.2. The molecule has 0 saturated heterocycles. The molecule has 3 heteroatoms. The third kappa shape index (κ3) is 2.15. The van der Waals surface area contributed by atoms with E-state index in [4.69, 9.17) is 0 Å². The van der Waals surface area contributed by atoms with E-state index < -0.39 is 0 Å². The predicted octanol–water partition coefficient (Wildman–Crippen LogP) is 3.72. The molecule has 21 heavy (non-hydrogen) atoms. The van der Waals surface area contributed by atoms with E-state index >= 15 is 0 Å². The van der Waals surface area contributed by atoms with Gasteiger partial charge >= 0.3 is 0 Å². The summed E-state index contributed by atoms with van der Waals surface area (Å²) in [6, 6.07) is 8.12. The lowest BCUT2D eigenvalue weighted by Crippen LogP contribution is -2.40. The van der Waals surface area contributed by atoms with Gasteiger partial charge in [-0.3, -0.25) is 4.79 Å². The van der Waals surface area contributed by atoms with Crippen molar-refractivity contribution in [3.63, 3.8) is 0 Å². The van der Waals surface area contributed by atoms with Gasteiger partial charge in [-0.1, -0.05) is 12.5 Å². The summed E-state index contributed by atoms with van der Waals surface area (Å²) in [6.45, 7) is 2.18. The molecule has 110 valence electrons. The van der Waals surface area contributed by atoms with Crippen molar-refractivity contribution in [2.24, 2.45) is 17.8 Å². The second-order valence-corrected chi connectivity index (χ2v) is 6.85. The lowest BCUT2D eigenvalue weighted by Gasteiger charge is -2.28. The average Bonchev–Trinajstić information content (AvgIpc) is 3.21. The van der Waals surface area contributed by atoms with Crippen LogP contribution in [0, 0.1) is 17.8 Å². The van der Waals surface area contributed by atoms with E-state index in [2.05, 4.69) is 17.2 Å². The smallest absolute Gasteiger partial charge is 0.252 e. The molecule has 2 bridgehead atoms. The molecule has 1 aromatic carbocycles. The summed E-state index contributed by atoms with van der Waals surface area (Å²) in [7, 11) is 0. The van der Waals surface area contributed by atoms with Crippen LogP contribution in [0.25, 0.3) is 10.9 Å². The van der Waals surface area contributed by atoms with Crippen LogP contribution < -0.4 is 5.32 Å². The van der Waals surface area contributed by atoms with Gasteiger partial charge in [-0.05, 0) is 62.1 Å². The number of fused-ring (bicyclic) bond motifs is 3. The molecule has 2 aromatic rings. The van der Waals surface area contributed by atoms with Gasteiger partial charge in [0.05, 0.1) is 0 Å². The molecule has 2 aliphatic rings. The molecule has 3 nitrogen and oxygen atoms in total. The van der Waals surface area contributed by atoms with Crippen LogP contribution in [-0.2, 0) is 0 Å². The largest absolute Gasteiger partial charge is 0.361 e. The lowest BCUT2D eigenvalue weighted by molar-refractivity contribution is 0.0917. The van der Waals surface area contributed by atoms with Crippen molar-refractivity contribution in [2.45, 2.75) is 38.6 Å². The van der Waals surface area contributed by atoms with Gasteiger partial charge in [-0.15, -0.1) is 0 Å². The number of amides is 1. The van der Waals surface area contributed by atoms with Crippen molar-refractivity contribution < 1.29 is 4.79 Å². The number of carbonyl (C=O) groups is 1. The highest BCUT2D eigenvalue weighted by molar-refractivity contribution is 6.06. The minimum absolute atomic E-state index is 0.0653. The quantitative estimate of drug-likeness (QED) is 0.885. The molecule has 4 unspecified atom stereocenters. The Morgan fingerprint density at radius 3 is 2.95 bits per heavy atom. The first-order valence-corrected chi connectivity index (χ1v) is 8.09. The van der Waals surface area contributed by atoms with Crippen molar-refractivity contribution in [2.75, 3.05) is 0 Å². The summed E-state index contributed by atoms with van der Waals surface area (Å²) in [4.78, 5) is 15.8. The number of aromatic nitrogens is 1. The van der Waals surface area contributed by atoms with Crippen LogP contribution in [0.4, 0.5) is 0 Å². The molecular weight excluding hydrogens is 260 g/mol. The number of aromatic amines is 1. The molecule has 2 fully saturated rings. The Morgan fingerprint density at radius 1 is 1.29 bits per heavy atom. The first-order valence-electron chi connectivity index (χ1n) is 8.09. The molecule has 4 rings (SSSR count). The number of H-pyrrole nitrogens is 1. The van der Waals surface area contributed by atoms with Crippen LogP contribution in [0.1, 0.15) is 43.0 Å². The Morgan fingerprint density at radius 2 is 2.19 bits per heavy atom. The summed E-state index contributed by atoms with van der Waals surface area (Å²) in [5, 5.41) is 4.26. The molecular formula is C18H22N2O. The van der Waals surface area contributed by atoms with Crippen molar-refractivity contribution >= 4 is 16.8 Å². The maximum atomic E-state index is 12.6. The number of rotatable bonds is 3. The van der Waals surface area contributed by atoms with Crippen molar-refractivity contribution in [3.8, 4) is 0 Å². The van der Waals surface area contributed by atoms with Gasteiger partial charge in [0.25, 0.3) is 5.91 Å². The predicted molar refractivity (Wildman–Crippen MR) is 84.2 cm³/mol. The normalized spacial score (nSPS) is 28.9. The zero-order chi connectivity index (χ0) is 14.4.